The van der Waals surface area contributed by atoms with Gasteiger partial charge in [-0.3, -0.25) is 20.0 Å². The lowest BCUT2D eigenvalue weighted by Gasteiger charge is -2.15. The molecular weight excluding hydrogens is 370 g/mol. The van der Waals surface area contributed by atoms with Crippen molar-refractivity contribution in [2.24, 2.45) is 0 Å². The van der Waals surface area contributed by atoms with Gasteiger partial charge in [-0.15, -0.1) is 0 Å². The first-order valence-electron chi connectivity index (χ1n) is 7.64. The third-order valence-corrected chi connectivity index (χ3v) is 4.85. The minimum Gasteiger partial charge on any atom is -0.497 e. The Balaban J connectivity index is 1.75. The largest absolute Gasteiger partial charge is 0.497 e. The van der Waals surface area contributed by atoms with E-state index in [4.69, 9.17) is 17.0 Å². The van der Waals surface area contributed by atoms with Crippen LogP contribution in [0.15, 0.2) is 47.4 Å². The van der Waals surface area contributed by atoms with Crippen molar-refractivity contribution in [3.05, 3.63) is 64.3 Å². The molecule has 6 nitrogen and oxygen atoms in total. The number of methoxy groups -OCH3 is 1. The van der Waals surface area contributed by atoms with Crippen molar-refractivity contribution in [2.75, 3.05) is 7.11 Å². The van der Waals surface area contributed by atoms with Gasteiger partial charge in [-0.1, -0.05) is 17.8 Å². The van der Waals surface area contributed by atoms with Gasteiger partial charge < -0.3 is 4.74 Å². The van der Waals surface area contributed by atoms with Gasteiger partial charge in [0.2, 0.25) is 0 Å². The molecule has 0 atom stereocenters. The van der Waals surface area contributed by atoms with Gasteiger partial charge in [0.1, 0.15) is 5.75 Å². The highest BCUT2D eigenvalue weighted by atomic mass is 32.2. The molecular formula is C18H15N3O3S2. The van der Waals surface area contributed by atoms with Crippen molar-refractivity contribution >= 4 is 46.2 Å². The van der Waals surface area contributed by atoms with Crippen LogP contribution in [0.2, 0.25) is 0 Å². The van der Waals surface area contributed by atoms with Crippen LogP contribution in [0.5, 0.6) is 5.75 Å². The number of thioether (sulfide) groups is 1. The number of pyridine rings is 1. The zero-order valence-corrected chi connectivity index (χ0v) is 15.7. The number of nitrogens with one attached hydrogen (secondary N) is 1. The lowest BCUT2D eigenvalue weighted by molar-refractivity contribution is -0.123. The van der Waals surface area contributed by atoms with E-state index in [9.17, 15) is 9.59 Å². The average molecular weight is 385 g/mol. The van der Waals surface area contributed by atoms with Crippen molar-refractivity contribution < 1.29 is 14.3 Å². The number of carbonyl (C=O) groups excluding carboxylic acids is 2. The number of carbonyl (C=O) groups is 2. The van der Waals surface area contributed by atoms with E-state index in [-0.39, 0.29) is 10.2 Å². The summed E-state index contributed by atoms with van der Waals surface area (Å²) < 4.78 is 5.32. The van der Waals surface area contributed by atoms with Crippen LogP contribution < -0.4 is 10.2 Å². The lowest BCUT2D eigenvalue weighted by atomic mass is 10.2. The minimum absolute atomic E-state index is 0.260. The van der Waals surface area contributed by atoms with E-state index >= 15 is 0 Å². The highest BCUT2D eigenvalue weighted by molar-refractivity contribution is 8.26. The molecule has 1 aliphatic rings. The first-order valence-corrected chi connectivity index (χ1v) is 8.87. The van der Waals surface area contributed by atoms with Crippen molar-refractivity contribution in [3.63, 3.8) is 0 Å². The van der Waals surface area contributed by atoms with Crippen molar-refractivity contribution in [1.29, 1.82) is 0 Å². The van der Waals surface area contributed by atoms with Gasteiger partial charge in [0, 0.05) is 11.3 Å². The Kier molecular flexibility index (Phi) is 5.34. The minimum atomic E-state index is -0.432. The monoisotopic (exact) mass is 385 g/mol. The highest BCUT2D eigenvalue weighted by Crippen LogP contribution is 2.31. The Hall–Kier alpha value is -2.71. The summed E-state index contributed by atoms with van der Waals surface area (Å²) in [6.07, 6.45) is 1.66. The number of hydrogen-bond acceptors (Lipinski definition) is 6. The van der Waals surface area contributed by atoms with Gasteiger partial charge in [0.15, 0.2) is 4.32 Å². The molecule has 0 bridgehead atoms. The number of amides is 2. The number of benzene rings is 1. The van der Waals surface area contributed by atoms with Gasteiger partial charge in [-0.25, -0.2) is 0 Å². The molecule has 2 aromatic rings. The van der Waals surface area contributed by atoms with E-state index in [1.54, 1.807) is 43.5 Å². The van der Waals surface area contributed by atoms with E-state index < -0.39 is 5.91 Å². The van der Waals surface area contributed by atoms with Crippen molar-refractivity contribution in [3.8, 4) is 5.75 Å². The Bertz CT molecular complexity index is 910. The van der Waals surface area contributed by atoms with Gasteiger partial charge in [0.25, 0.3) is 11.8 Å². The normalized spacial score (nSPS) is 15.5. The smallest absolute Gasteiger partial charge is 0.285 e. The topological polar surface area (TPSA) is 71.5 Å². The van der Waals surface area contributed by atoms with Crippen LogP contribution in [0.3, 0.4) is 0 Å². The second kappa shape index (κ2) is 7.67. The fourth-order valence-corrected chi connectivity index (χ4v) is 3.42. The van der Waals surface area contributed by atoms with Gasteiger partial charge in [-0.05, 0) is 61.6 Å². The summed E-state index contributed by atoms with van der Waals surface area (Å²) >= 11 is 6.34. The summed E-state index contributed by atoms with van der Waals surface area (Å²) in [5, 5.41) is 1.08. The maximum Gasteiger partial charge on any atom is 0.285 e. The summed E-state index contributed by atoms with van der Waals surface area (Å²) in [5.41, 5.74) is 4.44. The van der Waals surface area contributed by atoms with Crippen molar-refractivity contribution in [1.82, 2.24) is 15.4 Å². The number of aryl methyl sites for hydroxylation is 1. The first-order chi connectivity index (χ1) is 12.5. The number of rotatable bonds is 4. The molecule has 2 amide bonds. The van der Waals surface area contributed by atoms with Crippen LogP contribution in [-0.2, 0) is 4.79 Å². The third kappa shape index (κ3) is 3.92. The van der Waals surface area contributed by atoms with Crippen LogP contribution >= 0.6 is 24.0 Å². The van der Waals surface area contributed by atoms with E-state index in [1.165, 1.54) is 0 Å². The third-order valence-electron chi connectivity index (χ3n) is 3.55. The Morgan fingerprint density at radius 3 is 2.65 bits per heavy atom. The molecule has 1 aromatic heterocycles. The molecule has 132 valence electrons. The van der Waals surface area contributed by atoms with E-state index in [2.05, 4.69) is 10.4 Å². The fourth-order valence-electron chi connectivity index (χ4n) is 2.25. The zero-order valence-electron chi connectivity index (χ0n) is 14.1. The van der Waals surface area contributed by atoms with E-state index in [0.29, 0.717) is 21.9 Å². The maximum absolute atomic E-state index is 12.6. The molecule has 1 aliphatic heterocycles. The van der Waals surface area contributed by atoms with Crippen LogP contribution in [0.1, 0.15) is 21.7 Å². The Morgan fingerprint density at radius 2 is 2.00 bits per heavy atom. The van der Waals surface area contributed by atoms with E-state index in [1.807, 2.05) is 19.1 Å². The van der Waals surface area contributed by atoms with Crippen molar-refractivity contribution in [2.45, 2.75) is 6.92 Å². The van der Waals surface area contributed by atoms with Gasteiger partial charge in [-0.2, -0.15) is 5.01 Å². The van der Waals surface area contributed by atoms with Crippen LogP contribution in [0, 0.1) is 6.92 Å². The standard InChI is InChI=1S/C18H15N3O3S2/c1-11-4-3-5-13(19-11)10-15-17(23)21(18(25)26-15)20-16(22)12-6-8-14(24-2)9-7-12/h3-10H,1-2H3,(H,20,22)/b15-10-. The second-order valence-electron chi connectivity index (χ2n) is 5.39. The SMILES string of the molecule is COc1ccc(C(=O)NN2C(=O)/C(=C/c3cccc(C)n3)SC2=S)cc1. The number of nitrogens with zero attached hydrogens (tertiary/aromatic N) is 2. The molecule has 1 saturated heterocycles. The Morgan fingerprint density at radius 1 is 1.27 bits per heavy atom. The molecule has 0 radical (unpaired) electrons. The number of hydrazine groups is 1. The maximum atomic E-state index is 12.6. The molecule has 0 spiro atoms. The molecule has 3 rings (SSSR count). The molecule has 2 heterocycles. The predicted octanol–water partition coefficient (Wildman–Crippen LogP) is 2.94. The molecule has 0 aliphatic carbocycles. The van der Waals surface area contributed by atoms with Crippen LogP contribution in [0.25, 0.3) is 6.08 Å². The molecule has 1 fully saturated rings. The van der Waals surface area contributed by atoms with Crippen LogP contribution in [0.4, 0.5) is 0 Å². The van der Waals surface area contributed by atoms with Gasteiger partial charge in [0.05, 0.1) is 17.7 Å². The fraction of sp³-hybridized carbons (Fsp3) is 0.111. The molecule has 1 aromatic carbocycles. The number of thiocarbonyl (C=S) groups is 1. The zero-order chi connectivity index (χ0) is 18.7. The summed E-state index contributed by atoms with van der Waals surface area (Å²) in [6, 6.07) is 12.1. The number of hydrogen-bond donors (Lipinski definition) is 1. The quantitative estimate of drug-likeness (QED) is 0.645. The van der Waals surface area contributed by atoms with E-state index in [0.717, 1.165) is 22.5 Å². The summed E-state index contributed by atoms with van der Waals surface area (Å²) in [6.45, 7) is 1.87. The summed E-state index contributed by atoms with van der Waals surface area (Å²) in [7, 11) is 1.55. The molecule has 8 heteroatoms. The Labute approximate surface area is 160 Å². The van der Waals surface area contributed by atoms with Gasteiger partial charge >= 0.3 is 0 Å². The molecule has 26 heavy (non-hydrogen) atoms. The highest BCUT2D eigenvalue weighted by Gasteiger charge is 2.33. The number of ether oxygens (including phenoxy) is 1. The number of aromatic nitrogens is 1. The summed E-state index contributed by atoms with van der Waals surface area (Å²) in [4.78, 5) is 29.7. The lowest BCUT2D eigenvalue weighted by Crippen LogP contribution is -2.44. The summed E-state index contributed by atoms with van der Waals surface area (Å²) in [5.74, 6) is -0.176. The first kappa shape index (κ1) is 18.1. The molecule has 1 N–H and O–H groups in total. The second-order valence-corrected chi connectivity index (χ2v) is 7.07. The van der Waals surface area contributed by atoms with Crippen LogP contribution in [-0.4, -0.2) is 33.2 Å². The predicted molar refractivity (Wildman–Crippen MR) is 104 cm³/mol. The average Bonchev–Trinajstić information content (AvgIpc) is 2.89. The molecule has 0 unspecified atom stereocenters. The molecule has 0 saturated carbocycles.